The number of rotatable bonds is 5. The molecule has 0 aromatic heterocycles. The Labute approximate surface area is 128 Å². The Hall–Kier alpha value is -2.51. The highest BCUT2D eigenvalue weighted by molar-refractivity contribution is 7.99. The van der Waals surface area contributed by atoms with Gasteiger partial charge in [0.25, 0.3) is 0 Å². The molecule has 0 saturated carbocycles. The number of thioether (sulfide) groups is 1. The first-order chi connectivity index (χ1) is 10.3. The molecule has 0 unspecified atom stereocenters. The third-order valence-electron chi connectivity index (χ3n) is 2.65. The standard InChI is InChI=1S/C17H14N2OS/c18-12-13-21-16-9-7-15(8-10-16)19-17(20)11-6-14-4-2-1-3-5-14/h1-11H,13H2,(H,19,20)/b11-6+. The van der Waals surface area contributed by atoms with Gasteiger partial charge in [-0.3, -0.25) is 4.79 Å². The predicted molar refractivity (Wildman–Crippen MR) is 86.9 cm³/mol. The van der Waals surface area contributed by atoms with Crippen LogP contribution in [0.3, 0.4) is 0 Å². The molecule has 1 N–H and O–H groups in total. The highest BCUT2D eigenvalue weighted by atomic mass is 32.2. The number of carbonyl (C=O) groups is 1. The number of hydrogen-bond acceptors (Lipinski definition) is 3. The normalized spacial score (nSPS) is 10.2. The second-order valence-electron chi connectivity index (χ2n) is 4.20. The molecule has 0 aliphatic carbocycles. The Morgan fingerprint density at radius 1 is 1.14 bits per heavy atom. The van der Waals surface area contributed by atoms with Gasteiger partial charge in [0.2, 0.25) is 5.91 Å². The Balaban J connectivity index is 1.91. The smallest absolute Gasteiger partial charge is 0.248 e. The molecule has 0 saturated heterocycles. The van der Waals surface area contributed by atoms with Crippen molar-refractivity contribution in [3.63, 3.8) is 0 Å². The number of amides is 1. The third kappa shape index (κ3) is 5.17. The van der Waals surface area contributed by atoms with E-state index in [1.807, 2.05) is 54.6 Å². The lowest BCUT2D eigenvalue weighted by Crippen LogP contribution is -2.07. The summed E-state index contributed by atoms with van der Waals surface area (Å²) in [5, 5.41) is 11.3. The maximum Gasteiger partial charge on any atom is 0.248 e. The first-order valence-electron chi connectivity index (χ1n) is 6.42. The van der Waals surface area contributed by atoms with E-state index in [0.29, 0.717) is 5.75 Å². The van der Waals surface area contributed by atoms with E-state index in [-0.39, 0.29) is 5.91 Å². The van der Waals surface area contributed by atoms with Crippen molar-refractivity contribution in [1.29, 1.82) is 5.26 Å². The molecule has 0 radical (unpaired) electrons. The fourth-order valence-electron chi connectivity index (χ4n) is 1.67. The lowest BCUT2D eigenvalue weighted by atomic mass is 10.2. The summed E-state index contributed by atoms with van der Waals surface area (Å²) >= 11 is 1.47. The number of nitriles is 1. The summed E-state index contributed by atoms with van der Waals surface area (Å²) < 4.78 is 0. The maximum absolute atomic E-state index is 11.8. The monoisotopic (exact) mass is 294 g/mol. The first kappa shape index (κ1) is 14.9. The van der Waals surface area contributed by atoms with Gasteiger partial charge in [0.1, 0.15) is 0 Å². The number of benzene rings is 2. The fraction of sp³-hybridized carbons (Fsp3) is 0.0588. The van der Waals surface area contributed by atoms with Crippen molar-refractivity contribution in [2.24, 2.45) is 0 Å². The first-order valence-corrected chi connectivity index (χ1v) is 7.40. The van der Waals surface area contributed by atoms with Crippen LogP contribution in [0.2, 0.25) is 0 Å². The third-order valence-corrected chi connectivity index (χ3v) is 3.53. The van der Waals surface area contributed by atoms with Crippen molar-refractivity contribution in [2.45, 2.75) is 4.90 Å². The van der Waals surface area contributed by atoms with Gasteiger partial charge in [-0.25, -0.2) is 0 Å². The summed E-state index contributed by atoms with van der Waals surface area (Å²) in [6.45, 7) is 0. The van der Waals surface area contributed by atoms with Gasteiger partial charge >= 0.3 is 0 Å². The van der Waals surface area contributed by atoms with Gasteiger partial charge in [-0.05, 0) is 35.9 Å². The quantitative estimate of drug-likeness (QED) is 0.671. The molecule has 3 nitrogen and oxygen atoms in total. The molecule has 0 aliphatic rings. The molecule has 0 aliphatic heterocycles. The summed E-state index contributed by atoms with van der Waals surface area (Å²) in [7, 11) is 0. The van der Waals surface area contributed by atoms with Crippen LogP contribution in [0.15, 0.2) is 65.6 Å². The Morgan fingerprint density at radius 2 is 1.86 bits per heavy atom. The molecule has 1 amide bonds. The molecule has 104 valence electrons. The molecule has 21 heavy (non-hydrogen) atoms. The highest BCUT2D eigenvalue weighted by Gasteiger charge is 1.99. The van der Waals surface area contributed by atoms with Crippen molar-refractivity contribution in [1.82, 2.24) is 0 Å². The van der Waals surface area contributed by atoms with Gasteiger partial charge in [-0.2, -0.15) is 5.26 Å². The Morgan fingerprint density at radius 3 is 2.52 bits per heavy atom. The number of nitrogens with zero attached hydrogens (tertiary/aromatic N) is 1. The van der Waals surface area contributed by atoms with Crippen LogP contribution in [0, 0.1) is 11.3 Å². The summed E-state index contributed by atoms with van der Waals surface area (Å²) in [5.41, 5.74) is 1.72. The van der Waals surface area contributed by atoms with E-state index < -0.39 is 0 Å². The SMILES string of the molecule is N#CCSc1ccc(NC(=O)/C=C/c2ccccc2)cc1. The van der Waals surface area contributed by atoms with Crippen molar-refractivity contribution in [3.8, 4) is 6.07 Å². The lowest BCUT2D eigenvalue weighted by Gasteiger charge is -2.03. The zero-order valence-corrected chi connectivity index (χ0v) is 12.1. The van der Waals surface area contributed by atoms with E-state index in [2.05, 4.69) is 11.4 Å². The predicted octanol–water partition coefficient (Wildman–Crippen LogP) is 3.95. The zero-order chi connectivity index (χ0) is 14.9. The van der Waals surface area contributed by atoms with Gasteiger partial charge in [0.05, 0.1) is 11.8 Å². The van der Waals surface area contributed by atoms with E-state index in [1.165, 1.54) is 17.8 Å². The van der Waals surface area contributed by atoms with Crippen LogP contribution in [-0.2, 0) is 4.79 Å². The lowest BCUT2D eigenvalue weighted by molar-refractivity contribution is -0.111. The molecule has 2 aromatic carbocycles. The van der Waals surface area contributed by atoms with Crippen molar-refractivity contribution >= 4 is 29.4 Å². The van der Waals surface area contributed by atoms with Crippen molar-refractivity contribution in [3.05, 3.63) is 66.2 Å². The van der Waals surface area contributed by atoms with E-state index in [1.54, 1.807) is 6.08 Å². The molecular weight excluding hydrogens is 280 g/mol. The molecule has 4 heteroatoms. The number of hydrogen-bond donors (Lipinski definition) is 1. The second-order valence-corrected chi connectivity index (χ2v) is 5.25. The van der Waals surface area contributed by atoms with E-state index in [9.17, 15) is 4.79 Å². The molecule has 2 aromatic rings. The number of anilines is 1. The Bertz CT molecular complexity index is 657. The molecule has 0 fully saturated rings. The average Bonchev–Trinajstić information content (AvgIpc) is 2.53. The van der Waals surface area contributed by atoms with Crippen LogP contribution < -0.4 is 5.32 Å². The van der Waals surface area contributed by atoms with Crippen LogP contribution in [-0.4, -0.2) is 11.7 Å². The van der Waals surface area contributed by atoms with Gasteiger partial charge in [-0.15, -0.1) is 11.8 Å². The van der Waals surface area contributed by atoms with Gasteiger partial charge in [0.15, 0.2) is 0 Å². The molecule has 0 spiro atoms. The van der Waals surface area contributed by atoms with Crippen molar-refractivity contribution in [2.75, 3.05) is 11.1 Å². The minimum Gasteiger partial charge on any atom is -0.323 e. The summed E-state index contributed by atoms with van der Waals surface area (Å²) in [6.07, 6.45) is 3.28. The zero-order valence-electron chi connectivity index (χ0n) is 11.3. The van der Waals surface area contributed by atoms with Crippen LogP contribution in [0.4, 0.5) is 5.69 Å². The second kappa shape index (κ2) is 7.93. The van der Waals surface area contributed by atoms with Gasteiger partial charge < -0.3 is 5.32 Å². The summed E-state index contributed by atoms with van der Waals surface area (Å²) in [5.74, 6) is 0.252. The van der Waals surface area contributed by atoms with E-state index in [0.717, 1.165) is 16.1 Å². The van der Waals surface area contributed by atoms with Crippen LogP contribution in [0.25, 0.3) is 6.08 Å². The van der Waals surface area contributed by atoms with E-state index >= 15 is 0 Å². The molecule has 0 heterocycles. The van der Waals surface area contributed by atoms with E-state index in [4.69, 9.17) is 5.26 Å². The molecular formula is C17H14N2OS. The van der Waals surface area contributed by atoms with Gasteiger partial charge in [0, 0.05) is 16.7 Å². The number of carbonyl (C=O) groups excluding carboxylic acids is 1. The minimum absolute atomic E-state index is 0.170. The topological polar surface area (TPSA) is 52.9 Å². The maximum atomic E-state index is 11.8. The minimum atomic E-state index is -0.170. The Kier molecular flexibility index (Phi) is 5.62. The van der Waals surface area contributed by atoms with Crippen LogP contribution >= 0.6 is 11.8 Å². The number of nitrogens with one attached hydrogen (secondary N) is 1. The van der Waals surface area contributed by atoms with Crippen molar-refractivity contribution < 1.29 is 4.79 Å². The highest BCUT2D eigenvalue weighted by Crippen LogP contribution is 2.19. The van der Waals surface area contributed by atoms with Crippen LogP contribution in [0.5, 0.6) is 0 Å². The molecule has 2 rings (SSSR count). The molecule has 0 bridgehead atoms. The summed E-state index contributed by atoms with van der Waals surface area (Å²) in [4.78, 5) is 12.8. The largest absolute Gasteiger partial charge is 0.323 e. The fourth-order valence-corrected chi connectivity index (χ4v) is 2.23. The van der Waals surface area contributed by atoms with Gasteiger partial charge in [-0.1, -0.05) is 30.3 Å². The average molecular weight is 294 g/mol. The molecule has 0 atom stereocenters. The van der Waals surface area contributed by atoms with Crippen LogP contribution in [0.1, 0.15) is 5.56 Å². The summed E-state index contributed by atoms with van der Waals surface area (Å²) in [6, 6.07) is 19.2.